The van der Waals surface area contributed by atoms with Gasteiger partial charge in [0.2, 0.25) is 5.76 Å². The summed E-state index contributed by atoms with van der Waals surface area (Å²) in [6, 6.07) is 17.4. The molecule has 1 aromatic heterocycles. The van der Waals surface area contributed by atoms with Gasteiger partial charge in [0.1, 0.15) is 5.58 Å². The van der Waals surface area contributed by atoms with Gasteiger partial charge in [-0.05, 0) is 45.2 Å². The van der Waals surface area contributed by atoms with Crippen molar-refractivity contribution < 1.29 is 23.5 Å². The average Bonchev–Trinajstić information content (AvgIpc) is 3.15. The topological polar surface area (TPSA) is 77.8 Å². The molecule has 6 nitrogen and oxygen atoms in total. The molecule has 3 aromatic rings. The molecule has 0 aliphatic carbocycles. The summed E-state index contributed by atoms with van der Waals surface area (Å²) in [5, 5.41) is 3.71. The number of esters is 1. The van der Waals surface area contributed by atoms with Crippen LogP contribution in [0.2, 0.25) is 0 Å². The lowest BCUT2D eigenvalue weighted by Crippen LogP contribution is -2.41. The van der Waals surface area contributed by atoms with Gasteiger partial charge >= 0.3 is 5.97 Å². The van der Waals surface area contributed by atoms with E-state index in [1.165, 1.54) is 5.56 Å². The fourth-order valence-electron chi connectivity index (χ4n) is 3.34. The Bertz CT molecular complexity index is 1010. The Kier molecular flexibility index (Phi) is 7.84. The molecule has 0 aliphatic rings. The second-order valence-electron chi connectivity index (χ2n) is 7.52. The quantitative estimate of drug-likeness (QED) is 0.480. The van der Waals surface area contributed by atoms with Crippen LogP contribution in [-0.2, 0) is 27.3 Å². The average molecular weight is 424 g/mol. The van der Waals surface area contributed by atoms with Crippen molar-refractivity contribution in [3.05, 3.63) is 71.5 Å². The molecule has 0 unspecified atom stereocenters. The van der Waals surface area contributed by atoms with Gasteiger partial charge in [-0.3, -0.25) is 4.79 Å². The molecule has 1 N–H and O–H groups in total. The van der Waals surface area contributed by atoms with E-state index in [1.807, 2.05) is 50.2 Å². The first-order valence-electron chi connectivity index (χ1n) is 10.6. The molecule has 0 fully saturated rings. The van der Waals surface area contributed by atoms with Crippen molar-refractivity contribution in [3.63, 3.8) is 0 Å². The number of hydrogen-bond acceptors (Lipinski definition) is 5. The Morgan fingerprint density at radius 3 is 2.48 bits per heavy atom. The highest BCUT2D eigenvalue weighted by atomic mass is 16.6. The normalized spacial score (nSPS) is 13.0. The fraction of sp³-hybridized carbons (Fsp3) is 0.360. The smallest absolute Gasteiger partial charge is 0.375 e. The van der Waals surface area contributed by atoms with Crippen LogP contribution >= 0.6 is 0 Å². The van der Waals surface area contributed by atoms with Crippen LogP contribution in [0.15, 0.2) is 59.0 Å². The molecular weight excluding hydrogens is 394 g/mol. The van der Waals surface area contributed by atoms with Gasteiger partial charge in [0.15, 0.2) is 6.10 Å². The van der Waals surface area contributed by atoms with E-state index >= 15 is 0 Å². The van der Waals surface area contributed by atoms with Crippen molar-refractivity contribution in [3.8, 4) is 0 Å². The van der Waals surface area contributed by atoms with Crippen molar-refractivity contribution in [1.29, 1.82) is 0 Å². The van der Waals surface area contributed by atoms with Crippen LogP contribution in [0.4, 0.5) is 0 Å². The number of aryl methyl sites for hydroxylation is 1. The Morgan fingerprint density at radius 2 is 1.74 bits per heavy atom. The molecule has 0 radical (unpaired) electrons. The van der Waals surface area contributed by atoms with E-state index in [0.29, 0.717) is 17.8 Å². The first-order valence-corrected chi connectivity index (χ1v) is 10.6. The molecule has 1 amide bonds. The molecule has 0 saturated heterocycles. The maximum Gasteiger partial charge on any atom is 0.375 e. The second kappa shape index (κ2) is 10.8. The van der Waals surface area contributed by atoms with E-state index in [-0.39, 0.29) is 24.3 Å². The van der Waals surface area contributed by atoms with E-state index in [9.17, 15) is 9.59 Å². The molecule has 1 heterocycles. The monoisotopic (exact) mass is 423 g/mol. The zero-order valence-corrected chi connectivity index (χ0v) is 18.2. The summed E-state index contributed by atoms with van der Waals surface area (Å²) in [4.78, 5) is 25.3. The van der Waals surface area contributed by atoms with E-state index in [0.717, 1.165) is 18.2 Å². The minimum Gasteiger partial charge on any atom is -0.449 e. The summed E-state index contributed by atoms with van der Waals surface area (Å²) in [6.45, 7) is 6.12. The Hall–Kier alpha value is -3.12. The molecule has 0 saturated carbocycles. The fourth-order valence-corrected chi connectivity index (χ4v) is 3.34. The third-order valence-corrected chi connectivity index (χ3v) is 5.08. The number of para-hydroxylation sites is 1. The van der Waals surface area contributed by atoms with Crippen LogP contribution in [0.3, 0.4) is 0 Å². The van der Waals surface area contributed by atoms with Gasteiger partial charge in [0, 0.05) is 23.6 Å². The van der Waals surface area contributed by atoms with E-state index in [2.05, 4.69) is 17.4 Å². The van der Waals surface area contributed by atoms with E-state index in [4.69, 9.17) is 13.9 Å². The summed E-state index contributed by atoms with van der Waals surface area (Å²) in [5.74, 6) is -0.937. The third kappa shape index (κ3) is 5.95. The summed E-state index contributed by atoms with van der Waals surface area (Å²) < 4.78 is 16.6. The van der Waals surface area contributed by atoms with Crippen LogP contribution in [0.5, 0.6) is 0 Å². The maximum atomic E-state index is 12.8. The van der Waals surface area contributed by atoms with Crippen LogP contribution in [0.1, 0.15) is 48.9 Å². The van der Waals surface area contributed by atoms with Gasteiger partial charge in [-0.15, -0.1) is 0 Å². The first-order chi connectivity index (χ1) is 15.0. The maximum absolute atomic E-state index is 12.8. The van der Waals surface area contributed by atoms with Gasteiger partial charge in [-0.1, -0.05) is 48.5 Å². The van der Waals surface area contributed by atoms with E-state index < -0.39 is 12.1 Å². The van der Waals surface area contributed by atoms with Crippen molar-refractivity contribution in [1.82, 2.24) is 5.32 Å². The first kappa shape index (κ1) is 22.6. The summed E-state index contributed by atoms with van der Waals surface area (Å²) in [7, 11) is 0. The second-order valence-corrected chi connectivity index (χ2v) is 7.52. The molecule has 31 heavy (non-hydrogen) atoms. The number of carbonyl (C=O) groups excluding carboxylic acids is 2. The predicted octanol–water partition coefficient (Wildman–Crippen LogP) is 4.65. The molecule has 0 bridgehead atoms. The third-order valence-electron chi connectivity index (χ3n) is 5.08. The van der Waals surface area contributed by atoms with Crippen LogP contribution in [0, 0.1) is 0 Å². The van der Waals surface area contributed by atoms with Crippen molar-refractivity contribution in [2.75, 3.05) is 6.61 Å². The Labute approximate surface area is 182 Å². The minimum atomic E-state index is -0.945. The summed E-state index contributed by atoms with van der Waals surface area (Å²) in [6.07, 6.45) is 0.703. The SMILES string of the molecule is CCOCc1c(C(=O)O[C@@H](C)C(=O)N[C@@H](C)CCc2ccccc2)oc2ccccc12. The number of furan rings is 1. The molecule has 2 atom stereocenters. The zero-order chi connectivity index (χ0) is 22.2. The Morgan fingerprint density at radius 1 is 1.03 bits per heavy atom. The number of nitrogens with one attached hydrogen (secondary N) is 1. The lowest BCUT2D eigenvalue weighted by Gasteiger charge is -2.18. The van der Waals surface area contributed by atoms with Gasteiger partial charge in [0.05, 0.1) is 6.61 Å². The summed E-state index contributed by atoms with van der Waals surface area (Å²) in [5.41, 5.74) is 2.43. The minimum absolute atomic E-state index is 0.0476. The number of ether oxygens (including phenoxy) is 2. The van der Waals surface area contributed by atoms with E-state index in [1.54, 1.807) is 13.0 Å². The highest BCUT2D eigenvalue weighted by molar-refractivity contribution is 5.97. The molecule has 0 aliphatic heterocycles. The number of hydrogen-bond donors (Lipinski definition) is 1. The molecule has 2 aromatic carbocycles. The van der Waals surface area contributed by atoms with Gasteiger partial charge in [-0.25, -0.2) is 4.79 Å². The summed E-state index contributed by atoms with van der Waals surface area (Å²) >= 11 is 0. The number of fused-ring (bicyclic) bond motifs is 1. The van der Waals surface area contributed by atoms with Crippen LogP contribution < -0.4 is 5.32 Å². The van der Waals surface area contributed by atoms with Crippen LogP contribution in [-0.4, -0.2) is 30.6 Å². The highest BCUT2D eigenvalue weighted by Crippen LogP contribution is 2.27. The van der Waals surface area contributed by atoms with Gasteiger partial charge < -0.3 is 19.2 Å². The molecule has 3 rings (SSSR count). The lowest BCUT2D eigenvalue weighted by molar-refractivity contribution is -0.129. The molecule has 6 heteroatoms. The predicted molar refractivity (Wildman–Crippen MR) is 119 cm³/mol. The molecule has 0 spiro atoms. The highest BCUT2D eigenvalue weighted by Gasteiger charge is 2.26. The molecule has 164 valence electrons. The number of amides is 1. The lowest BCUT2D eigenvalue weighted by atomic mass is 10.1. The number of benzene rings is 2. The number of rotatable bonds is 10. The van der Waals surface area contributed by atoms with Crippen LogP contribution in [0.25, 0.3) is 11.0 Å². The van der Waals surface area contributed by atoms with Gasteiger partial charge in [-0.2, -0.15) is 0 Å². The van der Waals surface area contributed by atoms with Gasteiger partial charge in [0.25, 0.3) is 5.91 Å². The number of carbonyl (C=O) groups is 2. The van der Waals surface area contributed by atoms with Crippen molar-refractivity contribution in [2.24, 2.45) is 0 Å². The van der Waals surface area contributed by atoms with Crippen molar-refractivity contribution >= 4 is 22.8 Å². The van der Waals surface area contributed by atoms with Crippen molar-refractivity contribution in [2.45, 2.75) is 52.4 Å². The molecular formula is C25H29NO5. The largest absolute Gasteiger partial charge is 0.449 e. The zero-order valence-electron chi connectivity index (χ0n) is 18.2. The standard InChI is InChI=1S/C25H29NO5/c1-4-29-16-21-20-12-8-9-13-22(20)31-23(21)25(28)30-18(3)24(27)26-17(2)14-15-19-10-6-5-7-11-19/h5-13,17-18H,4,14-16H2,1-3H3,(H,26,27)/t17-,18-/m0/s1. The Balaban J connectivity index is 1.60.